The molecule has 4 N–H and O–H groups in total. The van der Waals surface area contributed by atoms with Crippen LogP contribution in [0.5, 0.6) is 0 Å². The van der Waals surface area contributed by atoms with Crippen molar-refractivity contribution >= 4 is 17.1 Å². The van der Waals surface area contributed by atoms with Crippen LogP contribution in [0, 0.1) is 0 Å². The van der Waals surface area contributed by atoms with E-state index in [1.165, 1.54) is 0 Å². The lowest BCUT2D eigenvalue weighted by molar-refractivity contribution is 0.869. The quantitative estimate of drug-likeness (QED) is 0.694. The molecule has 72 valence electrons. The average Bonchev–Trinajstić information content (AvgIpc) is 2.11. The molecule has 0 saturated carbocycles. The van der Waals surface area contributed by atoms with E-state index in [1.54, 1.807) is 0 Å². The molecule has 0 fully saturated rings. The van der Waals surface area contributed by atoms with Gasteiger partial charge in [0.15, 0.2) is 0 Å². The molecule has 0 aliphatic rings. The van der Waals surface area contributed by atoms with Gasteiger partial charge in [0, 0.05) is 13.1 Å². The highest BCUT2D eigenvalue weighted by Gasteiger charge is 2.08. The van der Waals surface area contributed by atoms with Crippen LogP contribution in [0.2, 0.25) is 0 Å². The molecular formula is C10H17N3. The fourth-order valence-corrected chi connectivity index (χ4v) is 1.48. The topological polar surface area (TPSA) is 55.3 Å². The summed E-state index contributed by atoms with van der Waals surface area (Å²) in [6, 6.07) is 5.63. The molecule has 0 radical (unpaired) electrons. The molecular weight excluding hydrogens is 162 g/mol. The number of nitrogen functional groups attached to an aromatic ring is 2. The van der Waals surface area contributed by atoms with E-state index in [0.29, 0.717) is 0 Å². The Morgan fingerprint density at radius 1 is 1.08 bits per heavy atom. The third-order valence-electron chi connectivity index (χ3n) is 2.18. The Balaban J connectivity index is 3.10. The number of nitrogens with zero attached hydrogens (tertiary/aromatic N) is 1. The Hall–Kier alpha value is -1.38. The summed E-state index contributed by atoms with van der Waals surface area (Å²) in [5, 5.41) is 0. The van der Waals surface area contributed by atoms with E-state index in [0.717, 1.165) is 30.2 Å². The maximum atomic E-state index is 5.85. The van der Waals surface area contributed by atoms with Crippen LogP contribution in [-0.4, -0.2) is 13.1 Å². The largest absolute Gasteiger partial charge is 0.397 e. The van der Waals surface area contributed by atoms with Crippen molar-refractivity contribution in [2.24, 2.45) is 0 Å². The Kier molecular flexibility index (Phi) is 3.01. The molecule has 0 heterocycles. The Morgan fingerprint density at radius 3 is 1.92 bits per heavy atom. The predicted octanol–water partition coefficient (Wildman–Crippen LogP) is 1.70. The fourth-order valence-electron chi connectivity index (χ4n) is 1.48. The zero-order valence-electron chi connectivity index (χ0n) is 8.25. The molecule has 0 unspecified atom stereocenters. The zero-order chi connectivity index (χ0) is 9.84. The van der Waals surface area contributed by atoms with Crippen molar-refractivity contribution in [2.45, 2.75) is 13.8 Å². The normalized spacial score (nSPS) is 10.0. The lowest BCUT2D eigenvalue weighted by Crippen LogP contribution is -2.24. The molecule has 0 aliphatic carbocycles. The summed E-state index contributed by atoms with van der Waals surface area (Å²) < 4.78 is 0. The Bertz CT molecular complexity index is 259. The van der Waals surface area contributed by atoms with Crippen LogP contribution in [0.25, 0.3) is 0 Å². The van der Waals surface area contributed by atoms with Gasteiger partial charge < -0.3 is 16.4 Å². The monoisotopic (exact) mass is 179 g/mol. The molecule has 0 amide bonds. The molecule has 1 aromatic carbocycles. The summed E-state index contributed by atoms with van der Waals surface area (Å²) in [4.78, 5) is 2.16. The maximum absolute atomic E-state index is 5.85. The van der Waals surface area contributed by atoms with Crippen molar-refractivity contribution < 1.29 is 0 Å². The van der Waals surface area contributed by atoms with E-state index < -0.39 is 0 Å². The number of nitrogens with two attached hydrogens (primary N) is 2. The summed E-state index contributed by atoms with van der Waals surface area (Å²) in [5.74, 6) is 0. The van der Waals surface area contributed by atoms with Gasteiger partial charge >= 0.3 is 0 Å². The summed E-state index contributed by atoms with van der Waals surface area (Å²) in [6.45, 7) is 6.04. The summed E-state index contributed by atoms with van der Waals surface area (Å²) >= 11 is 0. The molecule has 1 aromatic rings. The predicted molar refractivity (Wildman–Crippen MR) is 58.8 cm³/mol. The van der Waals surface area contributed by atoms with Gasteiger partial charge in [-0.2, -0.15) is 0 Å². The molecule has 0 aliphatic heterocycles. The van der Waals surface area contributed by atoms with Crippen LogP contribution in [0.3, 0.4) is 0 Å². The standard InChI is InChI=1S/C10H17N3/c1-3-13(4-2)10-8(11)6-5-7-9(10)12/h5-7H,3-4,11-12H2,1-2H3. The molecule has 0 saturated heterocycles. The minimum absolute atomic E-state index is 0.753. The van der Waals surface area contributed by atoms with Gasteiger partial charge in [0.05, 0.1) is 17.1 Å². The molecule has 1 rings (SSSR count). The van der Waals surface area contributed by atoms with Crippen molar-refractivity contribution in [2.75, 3.05) is 29.5 Å². The van der Waals surface area contributed by atoms with Gasteiger partial charge in [-0.1, -0.05) is 6.07 Å². The van der Waals surface area contributed by atoms with Crippen LogP contribution < -0.4 is 16.4 Å². The van der Waals surface area contributed by atoms with Gasteiger partial charge in [0.25, 0.3) is 0 Å². The molecule has 0 aromatic heterocycles. The van der Waals surface area contributed by atoms with Crippen molar-refractivity contribution in [3.8, 4) is 0 Å². The first kappa shape index (κ1) is 9.71. The van der Waals surface area contributed by atoms with Gasteiger partial charge in [0.2, 0.25) is 0 Å². The van der Waals surface area contributed by atoms with Gasteiger partial charge in [-0.15, -0.1) is 0 Å². The first-order chi connectivity index (χ1) is 6.20. The smallest absolute Gasteiger partial charge is 0.0833 e. The lowest BCUT2D eigenvalue weighted by Gasteiger charge is -2.24. The van der Waals surface area contributed by atoms with E-state index in [2.05, 4.69) is 18.7 Å². The molecule has 0 spiro atoms. The van der Waals surface area contributed by atoms with Crippen LogP contribution in [0.4, 0.5) is 17.1 Å². The van der Waals surface area contributed by atoms with Gasteiger partial charge in [-0.25, -0.2) is 0 Å². The highest BCUT2D eigenvalue weighted by atomic mass is 15.1. The van der Waals surface area contributed by atoms with Crippen LogP contribution in [0.1, 0.15) is 13.8 Å². The summed E-state index contributed by atoms with van der Waals surface area (Å²) in [5.41, 5.74) is 14.2. The molecule has 13 heavy (non-hydrogen) atoms. The van der Waals surface area contributed by atoms with E-state index >= 15 is 0 Å². The van der Waals surface area contributed by atoms with E-state index in [-0.39, 0.29) is 0 Å². The van der Waals surface area contributed by atoms with E-state index in [4.69, 9.17) is 11.5 Å². The van der Waals surface area contributed by atoms with Crippen molar-refractivity contribution in [3.05, 3.63) is 18.2 Å². The molecule has 3 heteroatoms. The first-order valence-corrected chi connectivity index (χ1v) is 4.59. The third kappa shape index (κ3) is 1.86. The minimum atomic E-state index is 0.753. The molecule has 3 nitrogen and oxygen atoms in total. The lowest BCUT2D eigenvalue weighted by atomic mass is 10.2. The van der Waals surface area contributed by atoms with E-state index in [1.807, 2.05) is 18.2 Å². The first-order valence-electron chi connectivity index (χ1n) is 4.59. The fraction of sp³-hybridized carbons (Fsp3) is 0.400. The van der Waals surface area contributed by atoms with Gasteiger partial charge in [-0.05, 0) is 26.0 Å². The Morgan fingerprint density at radius 2 is 1.54 bits per heavy atom. The van der Waals surface area contributed by atoms with E-state index in [9.17, 15) is 0 Å². The molecule has 0 bridgehead atoms. The zero-order valence-corrected chi connectivity index (χ0v) is 8.25. The number of hydrogen-bond acceptors (Lipinski definition) is 3. The van der Waals surface area contributed by atoms with Crippen LogP contribution in [-0.2, 0) is 0 Å². The SMILES string of the molecule is CCN(CC)c1c(N)cccc1N. The van der Waals surface area contributed by atoms with Crippen LogP contribution >= 0.6 is 0 Å². The highest BCUT2D eigenvalue weighted by Crippen LogP contribution is 2.29. The van der Waals surface area contributed by atoms with Crippen molar-refractivity contribution in [1.29, 1.82) is 0 Å². The maximum Gasteiger partial charge on any atom is 0.0833 e. The molecule has 0 atom stereocenters. The third-order valence-corrected chi connectivity index (χ3v) is 2.18. The summed E-state index contributed by atoms with van der Waals surface area (Å²) in [7, 11) is 0. The second-order valence-electron chi connectivity index (χ2n) is 2.96. The van der Waals surface area contributed by atoms with Crippen molar-refractivity contribution in [1.82, 2.24) is 0 Å². The number of hydrogen-bond donors (Lipinski definition) is 2. The van der Waals surface area contributed by atoms with Gasteiger partial charge in [0.1, 0.15) is 0 Å². The summed E-state index contributed by atoms with van der Waals surface area (Å²) in [6.07, 6.45) is 0. The number of anilines is 3. The number of rotatable bonds is 3. The second kappa shape index (κ2) is 4.03. The minimum Gasteiger partial charge on any atom is -0.397 e. The highest BCUT2D eigenvalue weighted by molar-refractivity contribution is 5.80. The average molecular weight is 179 g/mol. The van der Waals surface area contributed by atoms with Crippen molar-refractivity contribution in [3.63, 3.8) is 0 Å². The Labute approximate surface area is 79.3 Å². The number of para-hydroxylation sites is 1. The van der Waals surface area contributed by atoms with Crippen LogP contribution in [0.15, 0.2) is 18.2 Å². The van der Waals surface area contributed by atoms with Gasteiger partial charge in [-0.3, -0.25) is 0 Å². The number of benzene rings is 1. The second-order valence-corrected chi connectivity index (χ2v) is 2.96.